The van der Waals surface area contributed by atoms with E-state index >= 15 is 0 Å². The Morgan fingerprint density at radius 3 is 2.64 bits per heavy atom. The van der Waals surface area contributed by atoms with Gasteiger partial charge >= 0.3 is 5.97 Å². The van der Waals surface area contributed by atoms with E-state index in [0.29, 0.717) is 36.4 Å². The molecule has 1 aromatic rings. The highest BCUT2D eigenvalue weighted by atomic mass is 35.5. The molecule has 1 aromatic carbocycles. The van der Waals surface area contributed by atoms with Crippen molar-refractivity contribution >= 4 is 64.1 Å². The Hall–Kier alpha value is -2.03. The molecule has 0 spiro atoms. The molecule has 0 bridgehead atoms. The van der Waals surface area contributed by atoms with E-state index < -0.39 is 23.0 Å². The van der Waals surface area contributed by atoms with Gasteiger partial charge in [-0.05, 0) is 42.3 Å². The number of thioether (sulfide) groups is 1. The molecule has 7 nitrogen and oxygen atoms in total. The minimum absolute atomic E-state index is 0.0910. The first-order chi connectivity index (χ1) is 13.3. The number of hydrogen-bond donors (Lipinski definition) is 2. The maximum absolute atomic E-state index is 12.4. The van der Waals surface area contributed by atoms with E-state index in [0.717, 1.165) is 16.7 Å². The number of carbonyl (C=O) groups is 4. The monoisotopic (exact) mass is 444 g/mol. The number of carbonyl (C=O) groups excluding carboxylic acids is 3. The molecule has 10 heteroatoms. The SMILES string of the molecule is O=C(O)CCCCCNC(=O)CN1C(=O)S/C(=C\c2cccc(Cl)c2Cl)C1=O. The van der Waals surface area contributed by atoms with Gasteiger partial charge in [0, 0.05) is 13.0 Å². The van der Waals surface area contributed by atoms with E-state index in [4.69, 9.17) is 28.3 Å². The van der Waals surface area contributed by atoms with Gasteiger partial charge in [-0.3, -0.25) is 24.1 Å². The van der Waals surface area contributed by atoms with Crippen molar-refractivity contribution in [1.29, 1.82) is 0 Å². The van der Waals surface area contributed by atoms with Gasteiger partial charge in [0.1, 0.15) is 6.54 Å². The molecule has 1 aliphatic heterocycles. The highest BCUT2D eigenvalue weighted by Gasteiger charge is 2.36. The molecule has 2 rings (SSSR count). The number of benzene rings is 1. The van der Waals surface area contributed by atoms with Gasteiger partial charge < -0.3 is 10.4 Å². The number of unbranched alkanes of at least 4 members (excludes halogenated alkanes) is 2. The van der Waals surface area contributed by atoms with Crippen LogP contribution < -0.4 is 5.32 Å². The summed E-state index contributed by atoms with van der Waals surface area (Å²) in [4.78, 5) is 47.9. The van der Waals surface area contributed by atoms with Crippen LogP contribution in [-0.2, 0) is 14.4 Å². The highest BCUT2D eigenvalue weighted by Crippen LogP contribution is 2.34. The summed E-state index contributed by atoms with van der Waals surface area (Å²) in [5.41, 5.74) is 0.505. The number of amides is 3. The minimum atomic E-state index is -0.851. The van der Waals surface area contributed by atoms with Gasteiger partial charge in [0.15, 0.2) is 0 Å². The maximum Gasteiger partial charge on any atom is 0.303 e. The van der Waals surface area contributed by atoms with E-state index in [1.807, 2.05) is 0 Å². The molecular formula is C18H18Cl2N2O5S. The molecule has 3 amide bonds. The van der Waals surface area contributed by atoms with Crippen molar-refractivity contribution in [3.05, 3.63) is 38.7 Å². The fraction of sp³-hybridized carbons (Fsp3) is 0.333. The number of nitrogens with zero attached hydrogens (tertiary/aromatic N) is 1. The minimum Gasteiger partial charge on any atom is -0.481 e. The first kappa shape index (κ1) is 22.3. The summed E-state index contributed by atoms with van der Waals surface area (Å²) in [5.74, 6) is -1.87. The van der Waals surface area contributed by atoms with Gasteiger partial charge in [0.05, 0.1) is 15.0 Å². The Balaban J connectivity index is 1.88. The highest BCUT2D eigenvalue weighted by molar-refractivity contribution is 8.18. The predicted octanol–water partition coefficient (Wildman–Crippen LogP) is 3.79. The summed E-state index contributed by atoms with van der Waals surface area (Å²) in [6.45, 7) is -0.0248. The Morgan fingerprint density at radius 1 is 1.18 bits per heavy atom. The molecule has 1 heterocycles. The molecule has 1 saturated heterocycles. The van der Waals surface area contributed by atoms with Crippen LogP contribution >= 0.6 is 35.0 Å². The Kier molecular flexibility index (Phi) is 8.35. The van der Waals surface area contributed by atoms with Crippen molar-refractivity contribution in [3.8, 4) is 0 Å². The van der Waals surface area contributed by atoms with Crippen molar-refractivity contribution in [2.45, 2.75) is 25.7 Å². The number of hydrogen-bond acceptors (Lipinski definition) is 5. The van der Waals surface area contributed by atoms with Gasteiger partial charge in [0.2, 0.25) is 5.91 Å². The molecule has 1 aliphatic rings. The number of nitrogens with one attached hydrogen (secondary N) is 1. The number of carboxylic acid groups (broad SMARTS) is 1. The van der Waals surface area contributed by atoms with E-state index in [1.165, 1.54) is 6.08 Å². The predicted molar refractivity (Wildman–Crippen MR) is 108 cm³/mol. The van der Waals surface area contributed by atoms with Crippen LogP contribution in [0.25, 0.3) is 6.08 Å². The quantitative estimate of drug-likeness (QED) is 0.443. The average molecular weight is 445 g/mol. The van der Waals surface area contributed by atoms with E-state index in [9.17, 15) is 19.2 Å². The van der Waals surface area contributed by atoms with Gasteiger partial charge in [-0.15, -0.1) is 0 Å². The van der Waals surface area contributed by atoms with Crippen LogP contribution in [0, 0.1) is 0 Å². The van der Waals surface area contributed by atoms with Crippen molar-refractivity contribution in [3.63, 3.8) is 0 Å². The largest absolute Gasteiger partial charge is 0.481 e. The summed E-state index contributed by atoms with van der Waals surface area (Å²) in [6.07, 6.45) is 3.38. The van der Waals surface area contributed by atoms with Crippen LogP contribution in [0.15, 0.2) is 23.1 Å². The molecular weight excluding hydrogens is 427 g/mol. The lowest BCUT2D eigenvalue weighted by molar-refractivity contribution is -0.137. The molecule has 0 atom stereocenters. The lowest BCUT2D eigenvalue weighted by atomic mass is 10.2. The molecule has 2 N–H and O–H groups in total. The van der Waals surface area contributed by atoms with E-state index in [-0.39, 0.29) is 22.9 Å². The Labute approximate surface area is 176 Å². The van der Waals surface area contributed by atoms with Crippen LogP contribution in [0.2, 0.25) is 10.0 Å². The van der Waals surface area contributed by atoms with Gasteiger partial charge in [-0.1, -0.05) is 41.8 Å². The van der Waals surface area contributed by atoms with Crippen LogP contribution in [0.1, 0.15) is 31.2 Å². The fourth-order valence-electron chi connectivity index (χ4n) is 2.41. The summed E-state index contributed by atoms with van der Waals surface area (Å²) in [6, 6.07) is 4.95. The zero-order chi connectivity index (χ0) is 20.7. The number of carboxylic acids is 1. The van der Waals surface area contributed by atoms with Gasteiger partial charge in [0.25, 0.3) is 11.1 Å². The molecule has 0 unspecified atom stereocenters. The molecule has 1 fully saturated rings. The smallest absolute Gasteiger partial charge is 0.303 e. The van der Waals surface area contributed by atoms with Crippen LogP contribution in [0.4, 0.5) is 4.79 Å². The Morgan fingerprint density at radius 2 is 1.93 bits per heavy atom. The summed E-state index contributed by atoms with van der Waals surface area (Å²) in [5, 5.41) is 11.2. The molecule has 0 radical (unpaired) electrons. The second kappa shape index (κ2) is 10.5. The zero-order valence-corrected chi connectivity index (χ0v) is 17.1. The fourth-order valence-corrected chi connectivity index (χ4v) is 3.61. The third kappa shape index (κ3) is 6.25. The summed E-state index contributed by atoms with van der Waals surface area (Å²) < 4.78 is 0. The molecule has 0 saturated carbocycles. The number of rotatable bonds is 9. The molecule has 150 valence electrons. The topological polar surface area (TPSA) is 104 Å². The number of imide groups is 1. The third-order valence-corrected chi connectivity index (χ3v) is 5.57. The molecule has 28 heavy (non-hydrogen) atoms. The summed E-state index contributed by atoms with van der Waals surface area (Å²) >= 11 is 12.8. The average Bonchev–Trinajstić information content (AvgIpc) is 2.89. The third-order valence-electron chi connectivity index (χ3n) is 3.83. The first-order valence-corrected chi connectivity index (χ1v) is 10.0. The van der Waals surface area contributed by atoms with Crippen LogP contribution in [0.3, 0.4) is 0 Å². The van der Waals surface area contributed by atoms with Crippen LogP contribution in [-0.4, -0.2) is 46.1 Å². The number of aliphatic carboxylic acids is 1. The second-order valence-corrected chi connectivity index (χ2v) is 7.74. The second-order valence-electron chi connectivity index (χ2n) is 5.97. The number of halogens is 2. The Bertz CT molecular complexity index is 828. The van der Waals surface area contributed by atoms with Gasteiger partial charge in [-0.2, -0.15) is 0 Å². The zero-order valence-electron chi connectivity index (χ0n) is 14.7. The van der Waals surface area contributed by atoms with Crippen LogP contribution in [0.5, 0.6) is 0 Å². The standard InChI is InChI=1S/C18H18Cl2N2O5S/c19-12-6-4-5-11(16(12)20)9-13-17(26)22(18(27)28-13)10-14(23)21-8-3-1-2-7-15(24)25/h4-6,9H,1-3,7-8,10H2,(H,21,23)(H,24,25)/b13-9-. The first-order valence-electron chi connectivity index (χ1n) is 8.47. The van der Waals surface area contributed by atoms with E-state index in [1.54, 1.807) is 18.2 Å². The normalized spacial score (nSPS) is 15.4. The van der Waals surface area contributed by atoms with Crippen molar-refractivity contribution in [2.75, 3.05) is 13.1 Å². The van der Waals surface area contributed by atoms with Crippen molar-refractivity contribution < 1.29 is 24.3 Å². The van der Waals surface area contributed by atoms with Gasteiger partial charge in [-0.25, -0.2) is 0 Å². The van der Waals surface area contributed by atoms with Crippen molar-refractivity contribution in [2.24, 2.45) is 0 Å². The lowest BCUT2D eigenvalue weighted by Crippen LogP contribution is -2.39. The lowest BCUT2D eigenvalue weighted by Gasteiger charge is -2.12. The molecule has 0 aliphatic carbocycles. The van der Waals surface area contributed by atoms with E-state index in [2.05, 4.69) is 5.32 Å². The summed E-state index contributed by atoms with van der Waals surface area (Å²) in [7, 11) is 0. The van der Waals surface area contributed by atoms with Crippen molar-refractivity contribution in [1.82, 2.24) is 10.2 Å². The maximum atomic E-state index is 12.4. The molecule has 0 aromatic heterocycles.